The molecule has 12 heteroatoms. The number of hydrazine groups is 1. The number of hydrogen-bond acceptors (Lipinski definition) is 9. The smallest absolute Gasteiger partial charge is 0.224 e. The normalized spacial score (nSPS) is 26.3. The first kappa shape index (κ1) is 21.8. The van der Waals surface area contributed by atoms with Crippen molar-refractivity contribution in [3.8, 4) is 0 Å². The molecule has 1 heterocycles. The van der Waals surface area contributed by atoms with Crippen molar-refractivity contribution in [2.24, 2.45) is 16.0 Å². The quantitative estimate of drug-likeness (QED) is 0.197. The molecule has 1 unspecified atom stereocenters. The molecule has 0 amide bonds. The van der Waals surface area contributed by atoms with Crippen LogP contribution in [0, 0.1) is 4.91 Å². The number of ether oxygens (including phenoxy) is 1. The van der Waals surface area contributed by atoms with Crippen LogP contribution >= 0.6 is 46.6 Å². The Hall–Kier alpha value is -0.450. The van der Waals surface area contributed by atoms with Crippen LogP contribution in [0.2, 0.25) is 0 Å². The standard InChI is InChI=1S/C14H23Cl3N6O2S/c1-2-5-26-13-20-11(19-8-3-4-9(6-8)23-24)10(22-18)12(21-13)25-7-14(15,16)17/h8-9,11,19,22H,2-7,18H2,1H3,(H,20,21)/t8-,9+,11?/m0/s1. The first-order valence-corrected chi connectivity index (χ1v) is 10.4. The van der Waals surface area contributed by atoms with Gasteiger partial charge in [0.2, 0.25) is 9.68 Å². The van der Waals surface area contributed by atoms with Crippen molar-refractivity contribution in [2.45, 2.75) is 54.6 Å². The van der Waals surface area contributed by atoms with Crippen LogP contribution in [0.15, 0.2) is 21.7 Å². The Morgan fingerprint density at radius 2 is 2.23 bits per heavy atom. The van der Waals surface area contributed by atoms with Crippen molar-refractivity contribution >= 4 is 51.7 Å². The van der Waals surface area contributed by atoms with Gasteiger partial charge in [0.15, 0.2) is 5.17 Å². The van der Waals surface area contributed by atoms with Gasteiger partial charge in [-0.3, -0.25) is 11.2 Å². The largest absolute Gasteiger partial charge is 0.473 e. The number of nitrogens with one attached hydrogen (secondary N) is 3. The third-order valence-corrected chi connectivity index (χ3v) is 5.33. The predicted octanol–water partition coefficient (Wildman–Crippen LogP) is 2.71. The SMILES string of the molecule is CCCSC1=NC(N[C@H]2CC[C@@H](N=O)C2)C(NN)=C(OCC(Cl)(Cl)Cl)N1. The third-order valence-electron chi connectivity index (χ3n) is 3.91. The molecule has 3 atom stereocenters. The number of aliphatic imine (C=N–C) groups is 1. The highest BCUT2D eigenvalue weighted by molar-refractivity contribution is 8.13. The van der Waals surface area contributed by atoms with Gasteiger partial charge in [0, 0.05) is 11.8 Å². The van der Waals surface area contributed by atoms with E-state index in [0.717, 1.165) is 25.0 Å². The summed E-state index contributed by atoms with van der Waals surface area (Å²) in [6.07, 6.45) is 2.81. The van der Waals surface area contributed by atoms with Gasteiger partial charge in [-0.25, -0.2) is 4.99 Å². The predicted molar refractivity (Wildman–Crippen MR) is 108 cm³/mol. The van der Waals surface area contributed by atoms with Crippen molar-refractivity contribution in [2.75, 3.05) is 12.4 Å². The summed E-state index contributed by atoms with van der Waals surface area (Å²) in [6, 6.07) is -0.0507. The molecule has 8 nitrogen and oxygen atoms in total. The van der Waals surface area contributed by atoms with Crippen LogP contribution in [0.3, 0.4) is 0 Å². The third kappa shape index (κ3) is 6.61. The first-order valence-electron chi connectivity index (χ1n) is 8.32. The molecule has 0 saturated heterocycles. The summed E-state index contributed by atoms with van der Waals surface area (Å²) in [7, 11) is 0. The molecular weight excluding hydrogens is 423 g/mol. The lowest BCUT2D eigenvalue weighted by Crippen LogP contribution is -2.48. The number of nitrogens with zero attached hydrogens (tertiary/aromatic N) is 2. The molecule has 1 aliphatic carbocycles. The maximum absolute atomic E-state index is 10.7. The second-order valence-corrected chi connectivity index (χ2v) is 9.64. The Labute approximate surface area is 171 Å². The van der Waals surface area contributed by atoms with E-state index in [1.807, 2.05) is 0 Å². The number of halogens is 3. The van der Waals surface area contributed by atoms with E-state index in [2.05, 4.69) is 33.2 Å². The van der Waals surface area contributed by atoms with E-state index < -0.39 is 9.96 Å². The van der Waals surface area contributed by atoms with E-state index in [1.165, 1.54) is 0 Å². The summed E-state index contributed by atoms with van der Waals surface area (Å²) in [5.74, 6) is 6.93. The van der Waals surface area contributed by atoms with E-state index in [-0.39, 0.29) is 18.7 Å². The molecule has 0 bridgehead atoms. The molecule has 0 aromatic carbocycles. The van der Waals surface area contributed by atoms with Crippen LogP contribution in [0.4, 0.5) is 0 Å². The Kier molecular flexibility index (Phi) is 8.56. The number of nitrogens with two attached hydrogens (primary N) is 1. The molecule has 0 aromatic heterocycles. The monoisotopic (exact) mass is 444 g/mol. The van der Waals surface area contributed by atoms with Gasteiger partial charge in [0.25, 0.3) is 0 Å². The molecule has 148 valence electrons. The van der Waals surface area contributed by atoms with Gasteiger partial charge in [-0.1, -0.05) is 58.7 Å². The van der Waals surface area contributed by atoms with Gasteiger partial charge in [0.1, 0.15) is 18.5 Å². The number of hydrogen-bond donors (Lipinski definition) is 4. The lowest BCUT2D eigenvalue weighted by Gasteiger charge is -2.30. The number of amidine groups is 1. The minimum absolute atomic E-state index is 0.111. The maximum Gasteiger partial charge on any atom is 0.224 e. The lowest BCUT2D eigenvalue weighted by atomic mass is 10.2. The lowest BCUT2D eigenvalue weighted by molar-refractivity contribution is 0.194. The molecule has 0 aromatic rings. The van der Waals surface area contributed by atoms with Gasteiger partial charge in [-0.15, -0.1) is 0 Å². The molecule has 26 heavy (non-hydrogen) atoms. The minimum Gasteiger partial charge on any atom is -0.473 e. The summed E-state index contributed by atoms with van der Waals surface area (Å²) >= 11 is 18.9. The average Bonchev–Trinajstić information content (AvgIpc) is 3.05. The zero-order valence-electron chi connectivity index (χ0n) is 14.3. The molecule has 1 fully saturated rings. The Balaban J connectivity index is 2.14. The molecule has 1 saturated carbocycles. The molecule has 0 spiro atoms. The Morgan fingerprint density at radius 3 is 2.81 bits per heavy atom. The van der Waals surface area contributed by atoms with Crippen molar-refractivity contribution in [3.05, 3.63) is 16.5 Å². The number of nitroso groups, excluding NO2 is 1. The molecule has 2 aliphatic rings. The highest BCUT2D eigenvalue weighted by Crippen LogP contribution is 2.28. The fourth-order valence-corrected chi connectivity index (χ4v) is 3.64. The van der Waals surface area contributed by atoms with Crippen LogP contribution in [-0.4, -0.2) is 39.6 Å². The number of alkyl halides is 3. The van der Waals surface area contributed by atoms with Crippen LogP contribution in [0.1, 0.15) is 32.6 Å². The van der Waals surface area contributed by atoms with Crippen molar-refractivity contribution in [1.29, 1.82) is 0 Å². The van der Waals surface area contributed by atoms with Gasteiger partial charge in [0.05, 0.1) is 6.04 Å². The maximum atomic E-state index is 10.7. The van der Waals surface area contributed by atoms with Crippen LogP contribution in [0.25, 0.3) is 0 Å². The number of thioether (sulfide) groups is 1. The highest BCUT2D eigenvalue weighted by Gasteiger charge is 2.32. The fourth-order valence-electron chi connectivity index (χ4n) is 2.74. The summed E-state index contributed by atoms with van der Waals surface area (Å²) < 4.78 is 4.07. The molecular formula is C14H23Cl3N6O2S. The van der Waals surface area contributed by atoms with Crippen molar-refractivity contribution < 1.29 is 4.74 Å². The van der Waals surface area contributed by atoms with E-state index in [9.17, 15) is 4.91 Å². The van der Waals surface area contributed by atoms with Gasteiger partial charge < -0.3 is 15.5 Å². The molecule has 5 N–H and O–H groups in total. The Morgan fingerprint density at radius 1 is 1.46 bits per heavy atom. The summed E-state index contributed by atoms with van der Waals surface area (Å²) in [5, 5.41) is 10.3. The fraction of sp³-hybridized carbons (Fsp3) is 0.786. The topological polar surface area (TPSA) is 113 Å². The molecule has 0 radical (unpaired) electrons. The van der Waals surface area contributed by atoms with Gasteiger partial charge in [-0.05, 0) is 25.7 Å². The van der Waals surface area contributed by atoms with Crippen molar-refractivity contribution in [1.82, 2.24) is 16.1 Å². The van der Waals surface area contributed by atoms with Gasteiger partial charge >= 0.3 is 0 Å². The van der Waals surface area contributed by atoms with Gasteiger partial charge in [-0.2, -0.15) is 4.91 Å². The summed E-state index contributed by atoms with van der Waals surface area (Å²) in [6.45, 7) is 1.93. The van der Waals surface area contributed by atoms with E-state index in [1.54, 1.807) is 11.8 Å². The minimum atomic E-state index is -1.56. The van der Waals surface area contributed by atoms with E-state index in [0.29, 0.717) is 23.2 Å². The zero-order chi connectivity index (χ0) is 19.2. The van der Waals surface area contributed by atoms with Crippen molar-refractivity contribution in [3.63, 3.8) is 0 Å². The first-order chi connectivity index (χ1) is 12.4. The van der Waals surface area contributed by atoms with Crippen LogP contribution < -0.4 is 21.9 Å². The molecule has 1 aliphatic heterocycles. The summed E-state index contributed by atoms with van der Waals surface area (Å²) in [4.78, 5) is 15.4. The molecule has 2 rings (SSSR count). The zero-order valence-corrected chi connectivity index (χ0v) is 17.4. The number of rotatable bonds is 8. The van der Waals surface area contributed by atoms with Crippen LogP contribution in [-0.2, 0) is 4.74 Å². The van der Waals surface area contributed by atoms with E-state index in [4.69, 9.17) is 45.4 Å². The Bertz CT molecular complexity index is 557. The second-order valence-electron chi connectivity index (χ2n) is 6.04. The second kappa shape index (κ2) is 10.2. The van der Waals surface area contributed by atoms with Crippen LogP contribution in [0.5, 0.6) is 0 Å². The average molecular weight is 446 g/mol. The highest BCUT2D eigenvalue weighted by atomic mass is 35.6. The van der Waals surface area contributed by atoms with E-state index >= 15 is 0 Å². The summed E-state index contributed by atoms with van der Waals surface area (Å²) in [5.41, 5.74) is 3.12.